The zero-order valence-corrected chi connectivity index (χ0v) is 11.7. The summed E-state index contributed by atoms with van der Waals surface area (Å²) in [5.74, 6) is 0.606. The maximum absolute atomic E-state index is 14.0. The number of aromatic amines is 1. The van der Waals surface area contributed by atoms with Crippen molar-refractivity contribution in [1.29, 1.82) is 0 Å². The number of fused-ring (bicyclic) bond motifs is 1. The van der Waals surface area contributed by atoms with Crippen molar-refractivity contribution in [2.75, 3.05) is 17.2 Å². The van der Waals surface area contributed by atoms with Crippen LogP contribution in [0.1, 0.15) is 12.5 Å². The number of hydrogen-bond donors (Lipinski definition) is 3. The van der Waals surface area contributed by atoms with Crippen molar-refractivity contribution in [3.05, 3.63) is 35.9 Å². The van der Waals surface area contributed by atoms with E-state index in [2.05, 4.69) is 30.6 Å². The first kappa shape index (κ1) is 13.3. The second-order valence-electron chi connectivity index (χ2n) is 4.64. The molecular formula is C14H15FN6. The molecule has 0 bridgehead atoms. The third kappa shape index (κ3) is 2.62. The highest BCUT2D eigenvalue weighted by molar-refractivity contribution is 5.86. The molecule has 7 heteroatoms. The fraction of sp³-hybridized carbons (Fsp3) is 0.214. The molecule has 108 valence electrons. The molecule has 21 heavy (non-hydrogen) atoms. The molecule has 2 heterocycles. The van der Waals surface area contributed by atoms with Crippen LogP contribution in [0.5, 0.6) is 0 Å². The molecule has 2 aromatic heterocycles. The Balaban J connectivity index is 2.04. The van der Waals surface area contributed by atoms with Gasteiger partial charge < -0.3 is 15.6 Å². The summed E-state index contributed by atoms with van der Waals surface area (Å²) in [5, 5.41) is 6.02. The molecule has 0 aliphatic rings. The van der Waals surface area contributed by atoms with Gasteiger partial charge >= 0.3 is 0 Å². The predicted molar refractivity (Wildman–Crippen MR) is 80.3 cm³/mol. The standard InChI is InChI=1S/C14H15FN6/c1-3-16-14-20-12-11(17-7-18-12)13(21-14)19-10-5-4-8(2)6-9(10)15/h4-7H,3H2,1-2H3,(H3,16,17,18,19,20,21). The van der Waals surface area contributed by atoms with Crippen molar-refractivity contribution < 1.29 is 4.39 Å². The molecule has 6 nitrogen and oxygen atoms in total. The Hall–Kier alpha value is -2.70. The Kier molecular flexibility index (Phi) is 3.39. The van der Waals surface area contributed by atoms with Crippen LogP contribution in [-0.4, -0.2) is 26.5 Å². The van der Waals surface area contributed by atoms with E-state index in [-0.39, 0.29) is 5.82 Å². The van der Waals surface area contributed by atoms with Gasteiger partial charge in [-0.2, -0.15) is 9.97 Å². The monoisotopic (exact) mass is 286 g/mol. The second kappa shape index (κ2) is 5.35. The molecular weight excluding hydrogens is 271 g/mol. The topological polar surface area (TPSA) is 78.5 Å². The molecule has 0 radical (unpaired) electrons. The molecule has 3 N–H and O–H groups in total. The molecule has 0 saturated carbocycles. The van der Waals surface area contributed by atoms with Crippen molar-refractivity contribution >= 4 is 28.6 Å². The van der Waals surface area contributed by atoms with Gasteiger partial charge in [-0.25, -0.2) is 9.37 Å². The average molecular weight is 286 g/mol. The maximum atomic E-state index is 14.0. The Morgan fingerprint density at radius 1 is 1.29 bits per heavy atom. The number of imidazole rings is 1. The number of hydrogen-bond acceptors (Lipinski definition) is 5. The highest BCUT2D eigenvalue weighted by atomic mass is 19.1. The molecule has 0 aliphatic heterocycles. The number of H-pyrrole nitrogens is 1. The van der Waals surface area contributed by atoms with E-state index in [1.165, 1.54) is 12.4 Å². The van der Waals surface area contributed by atoms with Crippen molar-refractivity contribution in [3.8, 4) is 0 Å². The Labute approximate surface area is 120 Å². The Bertz CT molecular complexity index is 782. The lowest BCUT2D eigenvalue weighted by Gasteiger charge is -2.10. The van der Waals surface area contributed by atoms with E-state index in [9.17, 15) is 4.39 Å². The molecule has 0 atom stereocenters. The van der Waals surface area contributed by atoms with Crippen LogP contribution >= 0.6 is 0 Å². The van der Waals surface area contributed by atoms with Gasteiger partial charge in [0.2, 0.25) is 5.95 Å². The normalized spacial score (nSPS) is 10.8. The highest BCUT2D eigenvalue weighted by Gasteiger charge is 2.11. The van der Waals surface area contributed by atoms with E-state index in [1.54, 1.807) is 6.07 Å². The summed E-state index contributed by atoms with van der Waals surface area (Å²) < 4.78 is 14.0. The predicted octanol–water partition coefficient (Wildman–Crippen LogP) is 2.98. The lowest BCUT2D eigenvalue weighted by atomic mass is 10.2. The quantitative estimate of drug-likeness (QED) is 0.687. The van der Waals surface area contributed by atoms with Gasteiger partial charge in [0.05, 0.1) is 12.0 Å². The SMILES string of the molecule is CCNc1nc(Nc2ccc(C)cc2F)c2[nH]cnc2n1. The van der Waals surface area contributed by atoms with Gasteiger partial charge in [-0.1, -0.05) is 6.07 Å². The number of rotatable bonds is 4. The number of benzene rings is 1. The van der Waals surface area contributed by atoms with Crippen molar-refractivity contribution in [2.24, 2.45) is 0 Å². The fourth-order valence-corrected chi connectivity index (χ4v) is 2.01. The summed E-state index contributed by atoms with van der Waals surface area (Å²) >= 11 is 0. The number of anilines is 3. The third-order valence-corrected chi connectivity index (χ3v) is 3.00. The van der Waals surface area contributed by atoms with Gasteiger partial charge in [0, 0.05) is 6.54 Å². The second-order valence-corrected chi connectivity index (χ2v) is 4.64. The number of halogens is 1. The van der Waals surface area contributed by atoms with Gasteiger partial charge in [0.1, 0.15) is 11.3 Å². The lowest BCUT2D eigenvalue weighted by molar-refractivity contribution is 0.630. The van der Waals surface area contributed by atoms with Gasteiger partial charge in [0.15, 0.2) is 11.5 Å². The van der Waals surface area contributed by atoms with Crippen LogP contribution in [-0.2, 0) is 0 Å². The van der Waals surface area contributed by atoms with Crippen LogP contribution in [0, 0.1) is 12.7 Å². The molecule has 3 aromatic rings. The van der Waals surface area contributed by atoms with E-state index < -0.39 is 0 Å². The van der Waals surface area contributed by atoms with Crippen LogP contribution in [0.25, 0.3) is 11.2 Å². The molecule has 0 fully saturated rings. The van der Waals surface area contributed by atoms with Crippen molar-refractivity contribution in [3.63, 3.8) is 0 Å². The van der Waals surface area contributed by atoms with Gasteiger partial charge in [-0.3, -0.25) is 0 Å². The van der Waals surface area contributed by atoms with E-state index >= 15 is 0 Å². The van der Waals surface area contributed by atoms with Crippen molar-refractivity contribution in [1.82, 2.24) is 19.9 Å². The number of nitrogens with zero attached hydrogens (tertiary/aromatic N) is 3. The molecule has 0 aliphatic carbocycles. The van der Waals surface area contributed by atoms with Gasteiger partial charge in [-0.15, -0.1) is 0 Å². The Morgan fingerprint density at radius 2 is 2.14 bits per heavy atom. The van der Waals surface area contributed by atoms with Crippen molar-refractivity contribution in [2.45, 2.75) is 13.8 Å². The van der Waals surface area contributed by atoms with Crippen LogP contribution < -0.4 is 10.6 Å². The first-order valence-corrected chi connectivity index (χ1v) is 6.65. The largest absolute Gasteiger partial charge is 0.354 e. The highest BCUT2D eigenvalue weighted by Crippen LogP contribution is 2.24. The Morgan fingerprint density at radius 3 is 2.90 bits per heavy atom. The van der Waals surface area contributed by atoms with E-state index in [1.807, 2.05) is 19.9 Å². The fourth-order valence-electron chi connectivity index (χ4n) is 2.01. The summed E-state index contributed by atoms with van der Waals surface area (Å²) in [7, 11) is 0. The lowest BCUT2D eigenvalue weighted by Crippen LogP contribution is -2.05. The van der Waals surface area contributed by atoms with E-state index in [0.717, 1.165) is 5.56 Å². The van der Waals surface area contributed by atoms with E-state index in [4.69, 9.17) is 0 Å². The van der Waals surface area contributed by atoms with E-state index in [0.29, 0.717) is 35.2 Å². The number of aromatic nitrogens is 4. The zero-order valence-electron chi connectivity index (χ0n) is 11.7. The number of aryl methyl sites for hydroxylation is 1. The molecule has 1 aromatic carbocycles. The van der Waals surface area contributed by atoms with Gasteiger partial charge in [-0.05, 0) is 31.5 Å². The summed E-state index contributed by atoms with van der Waals surface area (Å²) in [6.07, 6.45) is 1.53. The van der Waals surface area contributed by atoms with Crippen LogP contribution in [0.2, 0.25) is 0 Å². The molecule has 3 rings (SSSR count). The molecule has 0 saturated heterocycles. The maximum Gasteiger partial charge on any atom is 0.226 e. The first-order chi connectivity index (χ1) is 10.2. The number of nitrogens with one attached hydrogen (secondary N) is 3. The minimum Gasteiger partial charge on any atom is -0.354 e. The van der Waals surface area contributed by atoms with Crippen LogP contribution in [0.3, 0.4) is 0 Å². The minimum absolute atomic E-state index is 0.328. The summed E-state index contributed by atoms with van der Waals surface area (Å²) in [5.41, 5.74) is 2.38. The smallest absolute Gasteiger partial charge is 0.226 e. The molecule has 0 spiro atoms. The van der Waals surface area contributed by atoms with Crippen LogP contribution in [0.15, 0.2) is 24.5 Å². The zero-order chi connectivity index (χ0) is 14.8. The average Bonchev–Trinajstić information content (AvgIpc) is 2.91. The third-order valence-electron chi connectivity index (χ3n) is 3.00. The minimum atomic E-state index is -0.328. The van der Waals surface area contributed by atoms with Crippen LogP contribution in [0.4, 0.5) is 21.8 Å². The first-order valence-electron chi connectivity index (χ1n) is 6.65. The molecule has 0 unspecified atom stereocenters. The summed E-state index contributed by atoms with van der Waals surface area (Å²) in [6.45, 7) is 4.48. The summed E-state index contributed by atoms with van der Waals surface area (Å²) in [4.78, 5) is 15.7. The summed E-state index contributed by atoms with van der Waals surface area (Å²) in [6, 6.07) is 4.99. The molecule has 0 amide bonds. The van der Waals surface area contributed by atoms with Gasteiger partial charge in [0.25, 0.3) is 0 Å².